The summed E-state index contributed by atoms with van der Waals surface area (Å²) in [6, 6.07) is 23.3. The second-order valence-electron chi connectivity index (χ2n) is 9.98. The Kier molecular flexibility index (Phi) is 7.63. The molecule has 0 aliphatic heterocycles. The fourth-order valence-electron chi connectivity index (χ4n) is 4.29. The summed E-state index contributed by atoms with van der Waals surface area (Å²) >= 11 is 0. The Labute approximate surface area is 213 Å². The van der Waals surface area contributed by atoms with Crippen LogP contribution in [0.25, 0.3) is 11.0 Å². The summed E-state index contributed by atoms with van der Waals surface area (Å²) in [4.78, 5) is 17.8. The normalized spacial score (nSPS) is 12.4. The van der Waals surface area contributed by atoms with E-state index >= 15 is 0 Å². The lowest BCUT2D eigenvalue weighted by Crippen LogP contribution is -2.29. The number of nitrogens with one attached hydrogen (secondary N) is 1. The van der Waals surface area contributed by atoms with Crippen LogP contribution in [0.1, 0.15) is 61.9 Å². The molecule has 0 aliphatic rings. The highest BCUT2D eigenvalue weighted by Gasteiger charge is 2.20. The predicted molar refractivity (Wildman–Crippen MR) is 144 cm³/mol. The van der Waals surface area contributed by atoms with E-state index in [4.69, 9.17) is 14.5 Å². The molecular formula is C30H35N3O3. The molecule has 3 aromatic carbocycles. The van der Waals surface area contributed by atoms with Gasteiger partial charge in [-0.3, -0.25) is 4.79 Å². The van der Waals surface area contributed by atoms with Gasteiger partial charge in [-0.05, 0) is 60.7 Å². The van der Waals surface area contributed by atoms with Gasteiger partial charge in [-0.15, -0.1) is 0 Å². The van der Waals surface area contributed by atoms with Gasteiger partial charge in [0.05, 0.1) is 36.4 Å². The van der Waals surface area contributed by atoms with E-state index in [-0.39, 0.29) is 17.4 Å². The topological polar surface area (TPSA) is 65.4 Å². The Morgan fingerprint density at radius 2 is 1.69 bits per heavy atom. The van der Waals surface area contributed by atoms with E-state index in [1.54, 1.807) is 19.2 Å². The van der Waals surface area contributed by atoms with Crippen LogP contribution in [0.3, 0.4) is 0 Å². The third-order valence-electron chi connectivity index (χ3n) is 6.29. The van der Waals surface area contributed by atoms with Crippen molar-refractivity contribution in [3.05, 3.63) is 89.7 Å². The minimum Gasteiger partial charge on any atom is -0.496 e. The second-order valence-corrected chi connectivity index (χ2v) is 9.98. The third-order valence-corrected chi connectivity index (χ3v) is 6.29. The number of fused-ring (bicyclic) bond motifs is 1. The van der Waals surface area contributed by atoms with E-state index in [0.717, 1.165) is 35.6 Å². The van der Waals surface area contributed by atoms with Crippen LogP contribution < -0.4 is 14.8 Å². The van der Waals surface area contributed by atoms with Gasteiger partial charge in [0.25, 0.3) is 5.91 Å². The molecule has 1 aromatic heterocycles. The standard InChI is InChI=1S/C30H35N3O3/c1-21(31-29(34)24-11-6-9-14-27(24)35-5)28-32-25-12-7-8-13-26(25)33(28)19-10-20-36-23-17-15-22(16-18-23)30(2,3)4/h6-9,11-18,21H,10,19-20H2,1-5H3,(H,31,34). The van der Waals surface area contributed by atoms with Crippen molar-refractivity contribution in [3.8, 4) is 11.5 Å². The van der Waals surface area contributed by atoms with Crippen molar-refractivity contribution in [1.82, 2.24) is 14.9 Å². The van der Waals surface area contributed by atoms with Crippen molar-refractivity contribution in [1.29, 1.82) is 0 Å². The maximum absolute atomic E-state index is 13.0. The van der Waals surface area contributed by atoms with Crippen LogP contribution in [-0.4, -0.2) is 29.2 Å². The predicted octanol–water partition coefficient (Wildman–Crippen LogP) is 6.30. The number of methoxy groups -OCH3 is 1. The minimum atomic E-state index is -0.291. The van der Waals surface area contributed by atoms with Crippen LogP contribution in [0.5, 0.6) is 11.5 Å². The van der Waals surface area contributed by atoms with Crippen LogP contribution in [-0.2, 0) is 12.0 Å². The molecule has 1 heterocycles. The first-order valence-electron chi connectivity index (χ1n) is 12.4. The average molecular weight is 486 g/mol. The number of hydrogen-bond acceptors (Lipinski definition) is 4. The number of aryl methyl sites for hydroxylation is 1. The molecule has 0 aliphatic carbocycles. The largest absolute Gasteiger partial charge is 0.496 e. The van der Waals surface area contributed by atoms with E-state index in [9.17, 15) is 4.79 Å². The summed E-state index contributed by atoms with van der Waals surface area (Å²) in [6.45, 7) is 9.88. The molecule has 0 saturated heterocycles. The summed E-state index contributed by atoms with van der Waals surface area (Å²) < 4.78 is 13.5. The number of amides is 1. The molecule has 0 saturated carbocycles. The molecular weight excluding hydrogens is 450 g/mol. The minimum absolute atomic E-state index is 0.120. The molecule has 0 spiro atoms. The number of para-hydroxylation sites is 3. The number of hydrogen-bond donors (Lipinski definition) is 1. The summed E-state index contributed by atoms with van der Waals surface area (Å²) in [5.41, 5.74) is 3.86. The highest BCUT2D eigenvalue weighted by molar-refractivity contribution is 5.97. The first-order valence-corrected chi connectivity index (χ1v) is 12.4. The number of benzene rings is 3. The Morgan fingerprint density at radius 1 is 1.00 bits per heavy atom. The monoisotopic (exact) mass is 485 g/mol. The van der Waals surface area contributed by atoms with E-state index in [1.165, 1.54) is 5.56 Å². The van der Waals surface area contributed by atoms with Gasteiger partial charge in [0.1, 0.15) is 17.3 Å². The number of carbonyl (C=O) groups excluding carboxylic acids is 1. The van der Waals surface area contributed by atoms with Gasteiger partial charge in [-0.1, -0.05) is 57.2 Å². The lowest BCUT2D eigenvalue weighted by atomic mass is 9.87. The smallest absolute Gasteiger partial charge is 0.255 e. The number of nitrogens with zero attached hydrogens (tertiary/aromatic N) is 2. The lowest BCUT2D eigenvalue weighted by molar-refractivity contribution is 0.0934. The van der Waals surface area contributed by atoms with Gasteiger partial charge in [-0.2, -0.15) is 0 Å². The van der Waals surface area contributed by atoms with Crippen LogP contribution in [0.2, 0.25) is 0 Å². The van der Waals surface area contributed by atoms with Crippen molar-refractivity contribution < 1.29 is 14.3 Å². The summed E-state index contributed by atoms with van der Waals surface area (Å²) in [5, 5.41) is 3.09. The molecule has 0 radical (unpaired) electrons. The lowest BCUT2D eigenvalue weighted by Gasteiger charge is -2.19. The molecule has 4 aromatic rings. The fraction of sp³-hybridized carbons (Fsp3) is 0.333. The molecule has 4 rings (SSSR count). The van der Waals surface area contributed by atoms with Crippen molar-refractivity contribution in [2.24, 2.45) is 0 Å². The molecule has 36 heavy (non-hydrogen) atoms. The molecule has 1 N–H and O–H groups in total. The molecule has 6 heteroatoms. The molecule has 1 atom stereocenters. The Morgan fingerprint density at radius 3 is 2.42 bits per heavy atom. The zero-order valence-electron chi connectivity index (χ0n) is 21.7. The zero-order chi connectivity index (χ0) is 25.7. The van der Waals surface area contributed by atoms with Crippen molar-refractivity contribution in [2.75, 3.05) is 13.7 Å². The van der Waals surface area contributed by atoms with Gasteiger partial charge in [-0.25, -0.2) is 4.98 Å². The average Bonchev–Trinajstić information content (AvgIpc) is 3.25. The van der Waals surface area contributed by atoms with Gasteiger partial charge in [0.15, 0.2) is 0 Å². The van der Waals surface area contributed by atoms with Gasteiger partial charge < -0.3 is 19.4 Å². The quantitative estimate of drug-likeness (QED) is 0.283. The van der Waals surface area contributed by atoms with Crippen LogP contribution in [0.15, 0.2) is 72.8 Å². The SMILES string of the molecule is COc1ccccc1C(=O)NC(C)c1nc2ccccc2n1CCCOc1ccc(C(C)(C)C)cc1. The van der Waals surface area contributed by atoms with Gasteiger partial charge >= 0.3 is 0 Å². The van der Waals surface area contributed by atoms with Crippen LogP contribution in [0.4, 0.5) is 0 Å². The first-order chi connectivity index (χ1) is 17.3. The third kappa shape index (κ3) is 5.70. The maximum Gasteiger partial charge on any atom is 0.255 e. The summed E-state index contributed by atoms with van der Waals surface area (Å²) in [5.74, 6) is 2.04. The van der Waals surface area contributed by atoms with Crippen molar-refractivity contribution in [3.63, 3.8) is 0 Å². The van der Waals surface area contributed by atoms with E-state index < -0.39 is 0 Å². The first kappa shape index (κ1) is 25.3. The molecule has 0 bridgehead atoms. The summed E-state index contributed by atoms with van der Waals surface area (Å²) in [7, 11) is 1.57. The van der Waals surface area contributed by atoms with Crippen LogP contribution >= 0.6 is 0 Å². The second kappa shape index (κ2) is 10.9. The number of aromatic nitrogens is 2. The van der Waals surface area contributed by atoms with Gasteiger partial charge in [0.2, 0.25) is 0 Å². The number of carbonyl (C=O) groups is 1. The van der Waals surface area contributed by atoms with E-state index in [0.29, 0.717) is 17.9 Å². The molecule has 188 valence electrons. The van der Waals surface area contributed by atoms with E-state index in [1.807, 2.05) is 49.4 Å². The maximum atomic E-state index is 13.0. The highest BCUT2D eigenvalue weighted by Crippen LogP contribution is 2.25. The number of ether oxygens (including phenoxy) is 2. The van der Waals surface area contributed by atoms with E-state index in [2.05, 4.69) is 48.9 Å². The van der Waals surface area contributed by atoms with Crippen LogP contribution in [0, 0.1) is 0 Å². The molecule has 1 unspecified atom stereocenters. The molecule has 0 fully saturated rings. The summed E-state index contributed by atoms with van der Waals surface area (Å²) in [6.07, 6.45) is 0.807. The molecule has 1 amide bonds. The van der Waals surface area contributed by atoms with Crippen molar-refractivity contribution >= 4 is 16.9 Å². The van der Waals surface area contributed by atoms with Crippen molar-refractivity contribution in [2.45, 2.75) is 52.1 Å². The fourth-order valence-corrected chi connectivity index (χ4v) is 4.29. The number of imidazole rings is 1. The Bertz CT molecular complexity index is 1320. The highest BCUT2D eigenvalue weighted by atomic mass is 16.5. The number of rotatable bonds is 9. The Balaban J connectivity index is 1.45. The Hall–Kier alpha value is -3.80. The zero-order valence-corrected chi connectivity index (χ0v) is 21.7. The van der Waals surface area contributed by atoms with Gasteiger partial charge in [0, 0.05) is 6.54 Å². The molecule has 6 nitrogen and oxygen atoms in total.